The molecule has 1 N–H and O–H groups in total. The van der Waals surface area contributed by atoms with E-state index in [4.69, 9.17) is 0 Å². The first-order chi connectivity index (χ1) is 10.8. The van der Waals surface area contributed by atoms with Gasteiger partial charge in [0.05, 0.1) is 0 Å². The van der Waals surface area contributed by atoms with Gasteiger partial charge in [-0.05, 0) is 12.8 Å². The SMILES string of the molecule is CCCCCCCCCCCCCCCCSSC(O)CC. The highest BCUT2D eigenvalue weighted by Gasteiger charge is 2.00. The number of hydrogen-bond donors (Lipinski definition) is 1. The summed E-state index contributed by atoms with van der Waals surface area (Å²) in [5, 5.41) is 9.42. The van der Waals surface area contributed by atoms with Crippen LogP contribution < -0.4 is 0 Å². The van der Waals surface area contributed by atoms with Crippen molar-refractivity contribution in [3.05, 3.63) is 0 Å². The highest BCUT2D eigenvalue weighted by atomic mass is 33.1. The van der Waals surface area contributed by atoms with Gasteiger partial charge in [-0.1, -0.05) is 119 Å². The van der Waals surface area contributed by atoms with Crippen LogP contribution in [-0.4, -0.2) is 16.3 Å². The van der Waals surface area contributed by atoms with E-state index in [0.717, 1.165) is 6.42 Å². The molecule has 0 spiro atoms. The summed E-state index contributed by atoms with van der Waals surface area (Å²) in [6.45, 7) is 4.32. The Kier molecular flexibility index (Phi) is 20.3. The number of aliphatic hydroxyl groups excluding tert-OH is 1. The quantitative estimate of drug-likeness (QED) is 0.157. The van der Waals surface area contributed by atoms with Crippen LogP contribution in [0.15, 0.2) is 0 Å². The van der Waals surface area contributed by atoms with Crippen molar-refractivity contribution in [3.8, 4) is 0 Å². The van der Waals surface area contributed by atoms with E-state index >= 15 is 0 Å². The van der Waals surface area contributed by atoms with Crippen LogP contribution in [0.5, 0.6) is 0 Å². The molecule has 22 heavy (non-hydrogen) atoms. The molecule has 0 fully saturated rings. The van der Waals surface area contributed by atoms with Gasteiger partial charge < -0.3 is 5.11 Å². The van der Waals surface area contributed by atoms with Gasteiger partial charge in [0.15, 0.2) is 0 Å². The highest BCUT2D eigenvalue weighted by Crippen LogP contribution is 2.28. The molecule has 0 aliphatic heterocycles. The summed E-state index contributed by atoms with van der Waals surface area (Å²) in [5.74, 6) is 1.19. The molecule has 3 heteroatoms. The molecule has 0 bridgehead atoms. The molecule has 0 heterocycles. The van der Waals surface area contributed by atoms with Gasteiger partial charge in [-0.3, -0.25) is 0 Å². The Hall–Kier alpha value is 0.660. The van der Waals surface area contributed by atoms with Crippen LogP contribution in [0.4, 0.5) is 0 Å². The summed E-state index contributed by atoms with van der Waals surface area (Å²) < 4.78 is 0. The van der Waals surface area contributed by atoms with Crippen molar-refractivity contribution in [2.45, 2.75) is 116 Å². The van der Waals surface area contributed by atoms with Gasteiger partial charge in [-0.2, -0.15) is 0 Å². The fourth-order valence-corrected chi connectivity index (χ4v) is 4.78. The van der Waals surface area contributed by atoms with Crippen LogP contribution in [0.25, 0.3) is 0 Å². The van der Waals surface area contributed by atoms with Crippen LogP contribution in [0, 0.1) is 0 Å². The molecular formula is C19H40OS2. The summed E-state index contributed by atoms with van der Waals surface area (Å²) in [6.07, 6.45) is 20.8. The first kappa shape index (κ1) is 22.7. The Balaban J connectivity index is 2.97. The van der Waals surface area contributed by atoms with Crippen LogP contribution in [0.2, 0.25) is 0 Å². The summed E-state index contributed by atoms with van der Waals surface area (Å²) in [7, 11) is 3.47. The lowest BCUT2D eigenvalue weighted by atomic mass is 10.0. The van der Waals surface area contributed by atoms with Crippen molar-refractivity contribution < 1.29 is 5.11 Å². The average molecular weight is 349 g/mol. The molecule has 0 aromatic rings. The van der Waals surface area contributed by atoms with Gasteiger partial charge in [-0.25, -0.2) is 0 Å². The van der Waals surface area contributed by atoms with E-state index in [2.05, 4.69) is 6.92 Å². The second kappa shape index (κ2) is 19.7. The van der Waals surface area contributed by atoms with Crippen molar-refractivity contribution in [2.24, 2.45) is 0 Å². The number of hydrogen-bond acceptors (Lipinski definition) is 3. The maximum atomic E-state index is 9.42. The van der Waals surface area contributed by atoms with Gasteiger partial charge in [0, 0.05) is 5.75 Å². The van der Waals surface area contributed by atoms with Gasteiger partial charge >= 0.3 is 0 Å². The summed E-state index contributed by atoms with van der Waals surface area (Å²) in [6, 6.07) is 0. The second-order valence-electron chi connectivity index (χ2n) is 6.38. The molecule has 0 rings (SSSR count). The van der Waals surface area contributed by atoms with E-state index in [1.54, 1.807) is 10.8 Å². The smallest absolute Gasteiger partial charge is 0.109 e. The highest BCUT2D eigenvalue weighted by molar-refractivity contribution is 8.76. The van der Waals surface area contributed by atoms with E-state index in [-0.39, 0.29) is 5.44 Å². The molecule has 1 unspecified atom stereocenters. The normalized spacial score (nSPS) is 12.7. The minimum Gasteiger partial charge on any atom is -0.382 e. The van der Waals surface area contributed by atoms with E-state index in [1.807, 2.05) is 17.7 Å². The third kappa shape index (κ3) is 18.7. The van der Waals surface area contributed by atoms with Gasteiger partial charge in [0.25, 0.3) is 0 Å². The van der Waals surface area contributed by atoms with Crippen LogP contribution in [0.3, 0.4) is 0 Å². The molecule has 0 aromatic carbocycles. The molecule has 0 saturated carbocycles. The molecule has 0 aromatic heterocycles. The van der Waals surface area contributed by atoms with Crippen LogP contribution in [-0.2, 0) is 0 Å². The van der Waals surface area contributed by atoms with E-state index in [9.17, 15) is 5.11 Å². The monoisotopic (exact) mass is 348 g/mol. The number of unbranched alkanes of at least 4 members (excludes halogenated alkanes) is 13. The standard InChI is InChI=1S/C19H40OS2/c1-3-5-6-7-8-9-10-11-12-13-14-15-16-17-18-21-22-19(20)4-2/h19-20H,3-18H2,1-2H3. The Bertz CT molecular complexity index is 200. The Labute approximate surface area is 148 Å². The number of rotatable bonds is 18. The molecule has 1 nitrogen and oxygen atoms in total. The summed E-state index contributed by atoms with van der Waals surface area (Å²) in [5.41, 5.74) is -0.170. The van der Waals surface area contributed by atoms with Crippen molar-refractivity contribution in [1.29, 1.82) is 0 Å². The van der Waals surface area contributed by atoms with E-state index in [1.165, 1.54) is 95.6 Å². The molecule has 134 valence electrons. The molecule has 0 amide bonds. The van der Waals surface area contributed by atoms with Crippen molar-refractivity contribution in [2.75, 3.05) is 5.75 Å². The summed E-state index contributed by atoms with van der Waals surface area (Å²) in [4.78, 5) is 0. The lowest BCUT2D eigenvalue weighted by molar-refractivity contribution is 0.261. The zero-order valence-corrected chi connectivity index (χ0v) is 16.8. The third-order valence-corrected chi connectivity index (χ3v) is 6.83. The lowest BCUT2D eigenvalue weighted by Crippen LogP contribution is -1.94. The Morgan fingerprint density at radius 3 is 1.45 bits per heavy atom. The second-order valence-corrected chi connectivity index (χ2v) is 9.04. The van der Waals surface area contributed by atoms with Crippen LogP contribution >= 0.6 is 21.6 Å². The molecule has 1 atom stereocenters. The molecule has 0 radical (unpaired) electrons. The zero-order chi connectivity index (χ0) is 16.3. The average Bonchev–Trinajstić information content (AvgIpc) is 2.54. The molecule has 0 aliphatic rings. The number of aliphatic hydroxyl groups is 1. The zero-order valence-electron chi connectivity index (χ0n) is 15.2. The largest absolute Gasteiger partial charge is 0.382 e. The fourth-order valence-electron chi connectivity index (χ4n) is 2.55. The van der Waals surface area contributed by atoms with Crippen molar-refractivity contribution >= 4 is 21.6 Å². The van der Waals surface area contributed by atoms with Gasteiger partial charge in [0.2, 0.25) is 0 Å². The molecular weight excluding hydrogens is 308 g/mol. The minimum absolute atomic E-state index is 0.170. The Morgan fingerprint density at radius 1 is 0.636 bits per heavy atom. The summed E-state index contributed by atoms with van der Waals surface area (Å²) >= 11 is 0. The van der Waals surface area contributed by atoms with Crippen molar-refractivity contribution in [3.63, 3.8) is 0 Å². The first-order valence-electron chi connectivity index (χ1n) is 9.77. The minimum atomic E-state index is -0.170. The van der Waals surface area contributed by atoms with E-state index < -0.39 is 0 Å². The molecule has 0 saturated heterocycles. The van der Waals surface area contributed by atoms with Crippen molar-refractivity contribution in [1.82, 2.24) is 0 Å². The predicted octanol–water partition coefficient (Wildman–Crippen LogP) is 7.58. The Morgan fingerprint density at radius 2 is 1.05 bits per heavy atom. The van der Waals surface area contributed by atoms with Gasteiger partial charge in [-0.15, -0.1) is 0 Å². The topological polar surface area (TPSA) is 20.2 Å². The van der Waals surface area contributed by atoms with Crippen LogP contribution in [0.1, 0.15) is 110 Å². The third-order valence-electron chi connectivity index (χ3n) is 4.11. The fraction of sp³-hybridized carbons (Fsp3) is 1.00. The van der Waals surface area contributed by atoms with Gasteiger partial charge in [0.1, 0.15) is 5.44 Å². The molecule has 0 aliphatic carbocycles. The lowest BCUT2D eigenvalue weighted by Gasteiger charge is -2.06. The maximum absolute atomic E-state index is 9.42. The van der Waals surface area contributed by atoms with E-state index in [0.29, 0.717) is 0 Å². The first-order valence-corrected chi connectivity index (χ1v) is 12.2. The maximum Gasteiger partial charge on any atom is 0.109 e. The predicted molar refractivity (Wildman–Crippen MR) is 107 cm³/mol.